The molecule has 6 nitrogen and oxygen atoms in total. The largest absolute Gasteiger partial charge is 0.493 e. The number of hydrogen-bond donors (Lipinski definition) is 1. The number of thioether (sulfide) groups is 1. The Bertz CT molecular complexity index is 695. The Hall–Kier alpha value is -2.15. The van der Waals surface area contributed by atoms with E-state index in [0.29, 0.717) is 23.3 Å². The van der Waals surface area contributed by atoms with Gasteiger partial charge in [-0.3, -0.25) is 0 Å². The molecule has 0 radical (unpaired) electrons. The van der Waals surface area contributed by atoms with Crippen molar-refractivity contribution in [2.75, 3.05) is 25.2 Å². The molecule has 0 atom stereocenters. The second kappa shape index (κ2) is 7.22. The number of aromatic nitrogens is 1. The molecule has 0 aliphatic heterocycles. The van der Waals surface area contributed by atoms with Crippen molar-refractivity contribution in [1.29, 1.82) is 0 Å². The van der Waals surface area contributed by atoms with Gasteiger partial charge in [0.25, 0.3) is 0 Å². The Labute approximate surface area is 132 Å². The van der Waals surface area contributed by atoms with Crippen LogP contribution in [0, 0.1) is 0 Å². The van der Waals surface area contributed by atoms with Crippen molar-refractivity contribution < 1.29 is 24.2 Å². The normalized spacial score (nSPS) is 10.6. The highest BCUT2D eigenvalue weighted by atomic mass is 32.2. The van der Waals surface area contributed by atoms with E-state index >= 15 is 0 Å². The molecule has 1 N–H and O–H groups in total. The van der Waals surface area contributed by atoms with Crippen LogP contribution in [-0.2, 0) is 4.74 Å². The number of esters is 1. The number of carbonyl (C=O) groups is 2. The summed E-state index contributed by atoms with van der Waals surface area (Å²) < 4.78 is 11.4. The highest BCUT2D eigenvalue weighted by Crippen LogP contribution is 2.25. The first-order valence-electron chi connectivity index (χ1n) is 6.76. The van der Waals surface area contributed by atoms with E-state index in [1.54, 1.807) is 36.9 Å². The van der Waals surface area contributed by atoms with Gasteiger partial charge >= 0.3 is 12.1 Å². The predicted octanol–water partition coefficient (Wildman–Crippen LogP) is 3.09. The third kappa shape index (κ3) is 3.36. The average Bonchev–Trinajstić information content (AvgIpc) is 2.86. The molecular formula is C15H17NO5S. The predicted molar refractivity (Wildman–Crippen MR) is 85.2 cm³/mol. The Balaban J connectivity index is 2.41. The molecule has 118 valence electrons. The molecule has 0 saturated carbocycles. The molecule has 2 rings (SSSR count). The molecule has 1 aromatic heterocycles. The van der Waals surface area contributed by atoms with Crippen LogP contribution in [0.3, 0.4) is 0 Å². The number of benzene rings is 1. The van der Waals surface area contributed by atoms with Gasteiger partial charge in [0.2, 0.25) is 0 Å². The number of carbonyl (C=O) groups excluding carboxylic acids is 1. The zero-order valence-electron chi connectivity index (χ0n) is 12.4. The minimum absolute atomic E-state index is 0.00869. The standard InChI is InChI=1S/C15H17NO5S/c1-3-20-14(17)13-9-10-8-11(21-6-7-22-2)4-5-12(10)16(13)15(18)19/h4-5,8-9H,3,6-7H2,1-2H3,(H,18,19). The summed E-state index contributed by atoms with van der Waals surface area (Å²) in [4.78, 5) is 23.3. The van der Waals surface area contributed by atoms with E-state index in [0.717, 1.165) is 10.3 Å². The maximum Gasteiger partial charge on any atom is 0.416 e. The highest BCUT2D eigenvalue weighted by Gasteiger charge is 2.21. The van der Waals surface area contributed by atoms with Gasteiger partial charge in [-0.05, 0) is 37.4 Å². The van der Waals surface area contributed by atoms with Crippen LogP contribution >= 0.6 is 11.8 Å². The molecule has 0 spiro atoms. The number of carboxylic acid groups (broad SMARTS) is 1. The van der Waals surface area contributed by atoms with Crippen LogP contribution < -0.4 is 4.74 Å². The Kier molecular flexibility index (Phi) is 5.32. The fourth-order valence-electron chi connectivity index (χ4n) is 2.09. The molecule has 1 aromatic carbocycles. The van der Waals surface area contributed by atoms with Crippen LogP contribution in [0.1, 0.15) is 17.4 Å². The summed E-state index contributed by atoms with van der Waals surface area (Å²) in [7, 11) is 0. The average molecular weight is 323 g/mol. The van der Waals surface area contributed by atoms with Crippen LogP contribution in [0.25, 0.3) is 10.9 Å². The van der Waals surface area contributed by atoms with Crippen molar-refractivity contribution in [3.05, 3.63) is 30.0 Å². The van der Waals surface area contributed by atoms with Crippen LogP contribution in [0.2, 0.25) is 0 Å². The minimum Gasteiger partial charge on any atom is -0.493 e. The molecule has 0 unspecified atom stereocenters. The van der Waals surface area contributed by atoms with Crippen molar-refractivity contribution in [3.63, 3.8) is 0 Å². The molecule has 0 fully saturated rings. The molecule has 0 bridgehead atoms. The van der Waals surface area contributed by atoms with E-state index in [9.17, 15) is 14.7 Å². The van der Waals surface area contributed by atoms with E-state index in [1.807, 2.05) is 6.26 Å². The lowest BCUT2D eigenvalue weighted by molar-refractivity contribution is 0.0514. The van der Waals surface area contributed by atoms with Gasteiger partial charge in [-0.15, -0.1) is 0 Å². The van der Waals surface area contributed by atoms with Crippen molar-refractivity contribution in [2.45, 2.75) is 6.92 Å². The van der Waals surface area contributed by atoms with Gasteiger partial charge in [0, 0.05) is 11.1 Å². The van der Waals surface area contributed by atoms with E-state index < -0.39 is 12.1 Å². The molecule has 22 heavy (non-hydrogen) atoms. The maximum atomic E-state index is 11.9. The molecule has 0 saturated heterocycles. The van der Waals surface area contributed by atoms with E-state index in [2.05, 4.69) is 0 Å². The van der Waals surface area contributed by atoms with Crippen molar-refractivity contribution in [3.8, 4) is 5.75 Å². The molecule has 0 amide bonds. The lowest BCUT2D eigenvalue weighted by Crippen LogP contribution is -2.17. The monoisotopic (exact) mass is 323 g/mol. The zero-order valence-corrected chi connectivity index (χ0v) is 13.2. The number of fused-ring (bicyclic) bond motifs is 1. The zero-order chi connectivity index (χ0) is 16.1. The van der Waals surface area contributed by atoms with E-state index in [4.69, 9.17) is 9.47 Å². The maximum absolute atomic E-state index is 11.9. The van der Waals surface area contributed by atoms with Gasteiger partial charge in [-0.2, -0.15) is 11.8 Å². The molecular weight excluding hydrogens is 306 g/mol. The lowest BCUT2D eigenvalue weighted by Gasteiger charge is -2.06. The van der Waals surface area contributed by atoms with Crippen molar-refractivity contribution in [1.82, 2.24) is 4.57 Å². The molecule has 7 heteroatoms. The summed E-state index contributed by atoms with van der Waals surface area (Å²) in [5.74, 6) is 0.841. The second-order valence-corrected chi connectivity index (χ2v) is 5.42. The minimum atomic E-state index is -1.23. The first-order chi connectivity index (χ1) is 10.6. The van der Waals surface area contributed by atoms with Crippen LogP contribution in [-0.4, -0.2) is 47.0 Å². The van der Waals surface area contributed by atoms with Crippen molar-refractivity contribution in [2.24, 2.45) is 0 Å². The summed E-state index contributed by atoms with van der Waals surface area (Å²) in [5.41, 5.74) is 0.415. The topological polar surface area (TPSA) is 77.8 Å². The summed E-state index contributed by atoms with van der Waals surface area (Å²) in [6.45, 7) is 2.42. The van der Waals surface area contributed by atoms with Gasteiger partial charge in [0.15, 0.2) is 0 Å². The highest BCUT2D eigenvalue weighted by molar-refractivity contribution is 7.98. The number of hydrogen-bond acceptors (Lipinski definition) is 5. The fourth-order valence-corrected chi connectivity index (χ4v) is 2.34. The third-order valence-electron chi connectivity index (χ3n) is 3.01. The summed E-state index contributed by atoms with van der Waals surface area (Å²) in [6.07, 6.45) is 0.764. The third-order valence-corrected chi connectivity index (χ3v) is 3.58. The first-order valence-corrected chi connectivity index (χ1v) is 8.15. The smallest absolute Gasteiger partial charge is 0.416 e. The molecule has 0 aliphatic rings. The van der Waals surface area contributed by atoms with Gasteiger partial charge < -0.3 is 14.6 Å². The number of nitrogens with zero attached hydrogens (tertiary/aromatic N) is 1. The lowest BCUT2D eigenvalue weighted by atomic mass is 10.2. The van der Waals surface area contributed by atoms with E-state index in [1.165, 1.54) is 6.07 Å². The Morgan fingerprint density at radius 1 is 1.32 bits per heavy atom. The number of ether oxygens (including phenoxy) is 2. The second-order valence-electron chi connectivity index (χ2n) is 4.43. The SMILES string of the molecule is CCOC(=O)c1cc2cc(OCCSC)ccc2n1C(=O)O. The van der Waals surface area contributed by atoms with Gasteiger partial charge in [-0.1, -0.05) is 0 Å². The number of rotatable bonds is 6. The van der Waals surface area contributed by atoms with Crippen LogP contribution in [0.15, 0.2) is 24.3 Å². The molecule has 0 aliphatic carbocycles. The van der Waals surface area contributed by atoms with Crippen LogP contribution in [0.5, 0.6) is 5.75 Å². The first kappa shape index (κ1) is 16.2. The van der Waals surface area contributed by atoms with Crippen LogP contribution in [0.4, 0.5) is 4.79 Å². The van der Waals surface area contributed by atoms with Gasteiger partial charge in [0.1, 0.15) is 11.4 Å². The molecule has 2 aromatic rings. The van der Waals surface area contributed by atoms with Gasteiger partial charge in [-0.25, -0.2) is 14.2 Å². The summed E-state index contributed by atoms with van der Waals surface area (Å²) >= 11 is 1.68. The quantitative estimate of drug-likeness (QED) is 0.650. The molecule has 1 heterocycles. The Morgan fingerprint density at radius 2 is 2.09 bits per heavy atom. The summed E-state index contributed by atoms with van der Waals surface area (Å²) in [6, 6.07) is 6.54. The van der Waals surface area contributed by atoms with Gasteiger partial charge in [0.05, 0.1) is 18.7 Å². The van der Waals surface area contributed by atoms with E-state index in [-0.39, 0.29) is 12.3 Å². The Morgan fingerprint density at radius 3 is 2.73 bits per heavy atom. The van der Waals surface area contributed by atoms with Crippen molar-refractivity contribution >= 4 is 34.7 Å². The fraction of sp³-hybridized carbons (Fsp3) is 0.333. The summed E-state index contributed by atoms with van der Waals surface area (Å²) in [5, 5.41) is 9.95.